The van der Waals surface area contributed by atoms with E-state index >= 15 is 0 Å². The summed E-state index contributed by atoms with van der Waals surface area (Å²) < 4.78 is 5.45. The van der Waals surface area contributed by atoms with E-state index in [2.05, 4.69) is 11.6 Å². The van der Waals surface area contributed by atoms with E-state index in [1.807, 2.05) is 0 Å². The molecule has 0 aliphatic carbocycles. The van der Waals surface area contributed by atoms with Gasteiger partial charge in [0.1, 0.15) is 6.61 Å². The molecule has 1 amide bonds. The average molecular weight is 463 g/mol. The lowest BCUT2D eigenvalue weighted by molar-refractivity contribution is -0.121. The molecule has 9 heteroatoms. The van der Waals surface area contributed by atoms with E-state index in [0.29, 0.717) is 37.1 Å². The van der Waals surface area contributed by atoms with Gasteiger partial charge in [0, 0.05) is 7.05 Å². The molecule has 1 aliphatic rings. The number of carbonyl (C=O) groups is 2. The van der Waals surface area contributed by atoms with Gasteiger partial charge in [0.2, 0.25) is 0 Å². The van der Waals surface area contributed by atoms with Gasteiger partial charge in [-0.3, -0.25) is 9.69 Å². The number of carbonyl (C=O) groups excluding carboxylic acids is 1. The topological polar surface area (TPSA) is 79.2 Å². The smallest absolute Gasteiger partial charge is 0.335 e. The van der Waals surface area contributed by atoms with Crippen molar-refractivity contribution >= 4 is 63.8 Å². The van der Waals surface area contributed by atoms with Crippen molar-refractivity contribution in [3.05, 3.63) is 75.1 Å². The molecule has 3 rings (SSSR count). The summed E-state index contributed by atoms with van der Waals surface area (Å²) >= 11 is 13.7. The molecule has 0 unspecified atom stereocenters. The third kappa shape index (κ3) is 4.87. The molecular formula is C21H16Cl2N2O4S. The monoisotopic (exact) mass is 462 g/mol. The van der Waals surface area contributed by atoms with Crippen molar-refractivity contribution in [2.45, 2.75) is 0 Å². The predicted molar refractivity (Wildman–Crippen MR) is 121 cm³/mol. The molecule has 0 saturated carbocycles. The average Bonchev–Trinajstić information content (AvgIpc) is 2.95. The molecule has 0 bridgehead atoms. The summed E-state index contributed by atoms with van der Waals surface area (Å²) in [4.78, 5) is 29.9. The Labute approximate surface area is 187 Å². The second-order valence-corrected chi connectivity index (χ2v) is 7.96. The number of nitrogens with zero attached hydrogens (tertiary/aromatic N) is 2. The summed E-state index contributed by atoms with van der Waals surface area (Å²) in [6.07, 6.45) is 3.26. The van der Waals surface area contributed by atoms with Gasteiger partial charge in [0.15, 0.2) is 10.9 Å². The van der Waals surface area contributed by atoms with Crippen LogP contribution >= 0.6 is 35.0 Å². The van der Waals surface area contributed by atoms with Crippen molar-refractivity contribution in [3.8, 4) is 5.75 Å². The number of ether oxygens (including phenoxy) is 1. The summed E-state index contributed by atoms with van der Waals surface area (Å²) in [5, 5.41) is 10.1. The first-order valence-corrected chi connectivity index (χ1v) is 10.2. The van der Waals surface area contributed by atoms with Crippen LogP contribution in [0.3, 0.4) is 0 Å². The van der Waals surface area contributed by atoms with E-state index in [1.165, 1.54) is 28.8 Å². The number of carboxylic acid groups (broad SMARTS) is 1. The number of aromatic carboxylic acids is 1. The lowest BCUT2D eigenvalue weighted by Gasteiger charge is -2.09. The van der Waals surface area contributed by atoms with Crippen LogP contribution in [0.4, 0.5) is 5.69 Å². The molecule has 1 N–H and O–H groups in total. The molecule has 0 atom stereocenters. The van der Waals surface area contributed by atoms with Gasteiger partial charge in [-0.2, -0.15) is 0 Å². The number of carboxylic acids is 1. The van der Waals surface area contributed by atoms with Crippen LogP contribution < -0.4 is 4.74 Å². The number of halogens is 2. The molecule has 1 heterocycles. The first-order valence-electron chi connectivity index (χ1n) is 8.62. The highest BCUT2D eigenvalue weighted by Gasteiger charge is 2.30. The number of amides is 1. The van der Waals surface area contributed by atoms with Crippen LogP contribution in [0, 0.1) is 0 Å². The van der Waals surface area contributed by atoms with Crippen molar-refractivity contribution in [2.24, 2.45) is 4.99 Å². The summed E-state index contributed by atoms with van der Waals surface area (Å²) in [5.74, 6) is -0.879. The lowest BCUT2D eigenvalue weighted by Crippen LogP contribution is -2.23. The van der Waals surface area contributed by atoms with Crippen molar-refractivity contribution in [3.63, 3.8) is 0 Å². The maximum atomic E-state index is 12.6. The number of thioether (sulfide) groups is 1. The fourth-order valence-corrected chi connectivity index (χ4v) is 4.13. The van der Waals surface area contributed by atoms with Crippen LogP contribution in [0.1, 0.15) is 15.9 Å². The molecule has 0 aromatic heterocycles. The molecule has 1 saturated heterocycles. The molecule has 0 spiro atoms. The Morgan fingerprint density at radius 2 is 1.90 bits per heavy atom. The van der Waals surface area contributed by atoms with Gasteiger partial charge < -0.3 is 9.84 Å². The molecule has 2 aromatic rings. The van der Waals surface area contributed by atoms with E-state index in [9.17, 15) is 9.59 Å². The normalized spacial score (nSPS) is 16.4. The van der Waals surface area contributed by atoms with Gasteiger partial charge >= 0.3 is 5.97 Å². The highest BCUT2D eigenvalue weighted by Crippen LogP contribution is 2.37. The van der Waals surface area contributed by atoms with Crippen LogP contribution in [-0.2, 0) is 4.79 Å². The van der Waals surface area contributed by atoms with Crippen LogP contribution in [-0.4, -0.2) is 40.7 Å². The third-order valence-electron chi connectivity index (χ3n) is 4.01. The Bertz CT molecular complexity index is 1060. The number of likely N-dealkylation sites (N-methyl/N-ethyl adjacent to an activating group) is 1. The number of amidine groups is 1. The second kappa shape index (κ2) is 9.38. The summed E-state index contributed by atoms with van der Waals surface area (Å²) in [6, 6.07) is 9.40. The minimum absolute atomic E-state index is 0.164. The Hall–Kier alpha value is -2.74. The summed E-state index contributed by atoms with van der Waals surface area (Å²) in [5.41, 5.74) is 1.35. The molecule has 0 radical (unpaired) electrons. The van der Waals surface area contributed by atoms with Gasteiger partial charge in [-0.1, -0.05) is 35.9 Å². The van der Waals surface area contributed by atoms with Gasteiger partial charge in [0.25, 0.3) is 5.91 Å². The molecule has 6 nitrogen and oxygen atoms in total. The van der Waals surface area contributed by atoms with Crippen molar-refractivity contribution < 1.29 is 19.4 Å². The Balaban J connectivity index is 1.86. The number of benzene rings is 2. The fraction of sp³-hybridized carbons (Fsp3) is 0.0952. The summed E-state index contributed by atoms with van der Waals surface area (Å²) in [7, 11) is 1.62. The van der Waals surface area contributed by atoms with E-state index in [0.717, 1.165) is 0 Å². The molecule has 154 valence electrons. The van der Waals surface area contributed by atoms with Crippen molar-refractivity contribution in [2.75, 3.05) is 13.7 Å². The number of aliphatic imine (C=N–C) groups is 1. The fourth-order valence-electron chi connectivity index (χ4n) is 2.53. The minimum Gasteiger partial charge on any atom is -0.486 e. The number of hydrogen-bond acceptors (Lipinski definition) is 5. The highest BCUT2D eigenvalue weighted by atomic mass is 35.5. The second-order valence-electron chi connectivity index (χ2n) is 6.13. The van der Waals surface area contributed by atoms with E-state index in [1.54, 1.807) is 43.5 Å². The van der Waals surface area contributed by atoms with Crippen molar-refractivity contribution in [1.29, 1.82) is 0 Å². The zero-order valence-corrected chi connectivity index (χ0v) is 18.1. The lowest BCUT2D eigenvalue weighted by atomic mass is 10.2. The molecule has 30 heavy (non-hydrogen) atoms. The van der Waals surface area contributed by atoms with Crippen LogP contribution in [0.2, 0.25) is 10.0 Å². The van der Waals surface area contributed by atoms with Crippen LogP contribution in [0.5, 0.6) is 5.75 Å². The number of rotatable bonds is 6. The maximum Gasteiger partial charge on any atom is 0.335 e. The maximum absolute atomic E-state index is 12.6. The van der Waals surface area contributed by atoms with Crippen molar-refractivity contribution in [1.82, 2.24) is 4.90 Å². The Morgan fingerprint density at radius 3 is 2.47 bits per heavy atom. The minimum atomic E-state index is -1.01. The van der Waals surface area contributed by atoms with E-state index in [-0.39, 0.29) is 18.1 Å². The highest BCUT2D eigenvalue weighted by molar-refractivity contribution is 8.18. The molecule has 2 aromatic carbocycles. The van der Waals surface area contributed by atoms with Crippen LogP contribution in [0.25, 0.3) is 6.08 Å². The molecular weight excluding hydrogens is 447 g/mol. The molecule has 1 fully saturated rings. The quantitative estimate of drug-likeness (QED) is 0.453. The standard InChI is InChI=1S/C21H16Cl2N2O4S/c1-3-8-29-18-15(22)9-12(10-16(18)23)11-17-19(26)25(2)21(30-17)24-14-6-4-13(5-7-14)20(27)28/h3-7,9-11H,1,8H2,2H3,(H,27,28)/b17-11-,24-21?. The van der Waals surface area contributed by atoms with Crippen LogP contribution in [0.15, 0.2) is 59.0 Å². The summed E-state index contributed by atoms with van der Waals surface area (Å²) in [6.45, 7) is 3.85. The van der Waals surface area contributed by atoms with Gasteiger partial charge in [-0.25, -0.2) is 9.79 Å². The first-order chi connectivity index (χ1) is 14.3. The van der Waals surface area contributed by atoms with Gasteiger partial charge in [-0.15, -0.1) is 0 Å². The first kappa shape index (κ1) is 22.0. The SMILES string of the molecule is C=CCOc1c(Cl)cc(/C=C2\SC(=Nc3ccc(C(=O)O)cc3)N(C)C2=O)cc1Cl. The van der Waals surface area contributed by atoms with Gasteiger partial charge in [0.05, 0.1) is 26.2 Å². The zero-order chi connectivity index (χ0) is 21.8. The van der Waals surface area contributed by atoms with E-state index in [4.69, 9.17) is 33.0 Å². The molecule has 1 aliphatic heterocycles. The largest absolute Gasteiger partial charge is 0.486 e. The predicted octanol–water partition coefficient (Wildman–Crippen LogP) is 5.49. The zero-order valence-electron chi connectivity index (χ0n) is 15.8. The third-order valence-corrected chi connectivity index (χ3v) is 5.63. The Kier molecular flexibility index (Phi) is 6.87. The number of hydrogen-bond donors (Lipinski definition) is 1. The van der Waals surface area contributed by atoms with E-state index < -0.39 is 5.97 Å². The Morgan fingerprint density at radius 1 is 1.27 bits per heavy atom. The van der Waals surface area contributed by atoms with Gasteiger partial charge in [-0.05, 0) is 59.8 Å².